The van der Waals surface area contributed by atoms with Crippen molar-refractivity contribution in [3.05, 3.63) is 66.4 Å². The number of allylic oxidation sites excluding steroid dienone is 1. The molecule has 0 aliphatic heterocycles. The summed E-state index contributed by atoms with van der Waals surface area (Å²) in [6, 6.07) is 8.26. The summed E-state index contributed by atoms with van der Waals surface area (Å²) in [5, 5.41) is 0. The molecular formula is C14H14FN3. The van der Waals surface area contributed by atoms with E-state index in [0.717, 1.165) is 12.0 Å². The summed E-state index contributed by atoms with van der Waals surface area (Å²) in [6.07, 6.45) is 8.04. The van der Waals surface area contributed by atoms with Gasteiger partial charge in [-0.2, -0.15) is 0 Å². The molecule has 4 heteroatoms. The first-order valence-corrected chi connectivity index (χ1v) is 5.66. The topological polar surface area (TPSA) is 29.0 Å². The molecule has 0 bridgehead atoms. The molecule has 0 atom stereocenters. The first-order chi connectivity index (χ1) is 8.75. The maximum absolute atomic E-state index is 12.7. The van der Waals surface area contributed by atoms with E-state index >= 15 is 0 Å². The van der Waals surface area contributed by atoms with Crippen LogP contribution in [0.2, 0.25) is 0 Å². The zero-order valence-corrected chi connectivity index (χ0v) is 10.1. The van der Waals surface area contributed by atoms with Crippen LogP contribution in [0.4, 0.5) is 10.3 Å². The fourth-order valence-corrected chi connectivity index (χ4v) is 1.51. The number of halogens is 1. The van der Waals surface area contributed by atoms with Gasteiger partial charge in [-0.25, -0.2) is 14.4 Å². The van der Waals surface area contributed by atoms with Gasteiger partial charge < -0.3 is 4.90 Å². The number of hydrogen-bond donors (Lipinski definition) is 0. The molecule has 2 aromatic rings. The molecule has 3 nitrogen and oxygen atoms in total. The summed E-state index contributed by atoms with van der Waals surface area (Å²) in [5.41, 5.74) is 1.06. The van der Waals surface area contributed by atoms with Crippen LogP contribution in [0.15, 0.2) is 55.0 Å². The van der Waals surface area contributed by atoms with Crippen LogP contribution in [-0.2, 0) is 6.42 Å². The molecule has 0 amide bonds. The highest BCUT2D eigenvalue weighted by atomic mass is 19.1. The standard InChI is InChI=1S/C14H14FN3/c1-18(14-16-9-3-10-17-14)11-2-4-12-5-7-13(15)8-6-12/h2-3,5-11H,4H2,1H3/b11-2-. The third-order valence-electron chi connectivity index (χ3n) is 2.46. The minimum Gasteiger partial charge on any atom is -0.321 e. The van der Waals surface area contributed by atoms with Crippen LogP contribution in [0.3, 0.4) is 0 Å². The fourth-order valence-electron chi connectivity index (χ4n) is 1.51. The lowest BCUT2D eigenvalue weighted by Crippen LogP contribution is -2.11. The molecule has 18 heavy (non-hydrogen) atoms. The van der Waals surface area contributed by atoms with Gasteiger partial charge in [0, 0.05) is 25.6 Å². The van der Waals surface area contributed by atoms with Crippen molar-refractivity contribution < 1.29 is 4.39 Å². The minimum atomic E-state index is -0.211. The zero-order valence-electron chi connectivity index (χ0n) is 10.1. The van der Waals surface area contributed by atoms with E-state index in [1.807, 2.05) is 24.2 Å². The Bertz CT molecular complexity index is 508. The lowest BCUT2D eigenvalue weighted by molar-refractivity contribution is 0.627. The summed E-state index contributed by atoms with van der Waals surface area (Å²) in [7, 11) is 1.89. The average molecular weight is 243 g/mol. The highest BCUT2D eigenvalue weighted by molar-refractivity contribution is 5.32. The highest BCUT2D eigenvalue weighted by Crippen LogP contribution is 2.06. The van der Waals surface area contributed by atoms with E-state index in [1.54, 1.807) is 30.6 Å². The van der Waals surface area contributed by atoms with Gasteiger partial charge in [0.05, 0.1) is 0 Å². The number of hydrogen-bond acceptors (Lipinski definition) is 3. The first kappa shape index (κ1) is 12.2. The Morgan fingerprint density at radius 2 is 1.83 bits per heavy atom. The molecule has 0 aliphatic carbocycles. The lowest BCUT2D eigenvalue weighted by atomic mass is 10.1. The van der Waals surface area contributed by atoms with E-state index in [-0.39, 0.29) is 5.82 Å². The summed E-state index contributed by atoms with van der Waals surface area (Å²) in [6.45, 7) is 0. The van der Waals surface area contributed by atoms with Gasteiger partial charge in [0.1, 0.15) is 5.82 Å². The van der Waals surface area contributed by atoms with Crippen LogP contribution in [0, 0.1) is 5.82 Å². The number of anilines is 1. The van der Waals surface area contributed by atoms with Crippen molar-refractivity contribution in [3.63, 3.8) is 0 Å². The van der Waals surface area contributed by atoms with Crippen molar-refractivity contribution in [1.82, 2.24) is 9.97 Å². The van der Waals surface area contributed by atoms with E-state index in [9.17, 15) is 4.39 Å². The van der Waals surface area contributed by atoms with Gasteiger partial charge in [-0.1, -0.05) is 18.2 Å². The van der Waals surface area contributed by atoms with Crippen molar-refractivity contribution in [2.75, 3.05) is 11.9 Å². The summed E-state index contributed by atoms with van der Waals surface area (Å²) in [4.78, 5) is 10.1. The number of aromatic nitrogens is 2. The maximum Gasteiger partial charge on any atom is 0.229 e. The molecular weight excluding hydrogens is 229 g/mol. The quantitative estimate of drug-likeness (QED) is 0.826. The van der Waals surface area contributed by atoms with E-state index in [1.165, 1.54) is 12.1 Å². The van der Waals surface area contributed by atoms with Gasteiger partial charge in [-0.15, -0.1) is 0 Å². The number of rotatable bonds is 4. The van der Waals surface area contributed by atoms with Crippen LogP contribution < -0.4 is 4.90 Å². The van der Waals surface area contributed by atoms with Crippen LogP contribution in [-0.4, -0.2) is 17.0 Å². The largest absolute Gasteiger partial charge is 0.321 e. The molecule has 0 saturated heterocycles. The van der Waals surface area contributed by atoms with Gasteiger partial charge in [0.15, 0.2) is 0 Å². The third kappa shape index (κ3) is 3.38. The monoisotopic (exact) mass is 243 g/mol. The smallest absolute Gasteiger partial charge is 0.229 e. The Kier molecular flexibility index (Phi) is 4.02. The second-order valence-corrected chi connectivity index (χ2v) is 3.88. The molecule has 0 spiro atoms. The average Bonchev–Trinajstić information content (AvgIpc) is 2.42. The molecule has 92 valence electrons. The molecule has 0 unspecified atom stereocenters. The maximum atomic E-state index is 12.7. The van der Waals surface area contributed by atoms with Crippen LogP contribution in [0.25, 0.3) is 0 Å². The summed E-state index contributed by atoms with van der Waals surface area (Å²) >= 11 is 0. The van der Waals surface area contributed by atoms with Gasteiger partial charge in [0.2, 0.25) is 5.95 Å². The van der Waals surface area contributed by atoms with Crippen molar-refractivity contribution in [2.24, 2.45) is 0 Å². The highest BCUT2D eigenvalue weighted by Gasteiger charge is 1.97. The summed E-state index contributed by atoms with van der Waals surface area (Å²) < 4.78 is 12.7. The van der Waals surface area contributed by atoms with Crippen molar-refractivity contribution >= 4 is 5.95 Å². The molecule has 0 radical (unpaired) electrons. The SMILES string of the molecule is CN(/C=C\Cc1ccc(F)cc1)c1ncccn1. The Morgan fingerprint density at radius 3 is 2.50 bits per heavy atom. The Balaban J connectivity index is 1.93. The van der Waals surface area contributed by atoms with E-state index in [0.29, 0.717) is 5.95 Å². The Labute approximate surface area is 106 Å². The number of benzene rings is 1. The number of nitrogens with zero attached hydrogens (tertiary/aromatic N) is 3. The molecule has 1 aromatic carbocycles. The second kappa shape index (κ2) is 5.91. The Hall–Kier alpha value is -2.23. The molecule has 1 aromatic heterocycles. The van der Waals surface area contributed by atoms with Crippen LogP contribution >= 0.6 is 0 Å². The fraction of sp³-hybridized carbons (Fsp3) is 0.143. The lowest BCUT2D eigenvalue weighted by Gasteiger charge is -2.10. The van der Waals surface area contributed by atoms with Crippen molar-refractivity contribution in [1.29, 1.82) is 0 Å². The zero-order chi connectivity index (χ0) is 12.8. The molecule has 1 heterocycles. The molecule has 0 saturated carbocycles. The van der Waals surface area contributed by atoms with Gasteiger partial charge in [-0.3, -0.25) is 0 Å². The van der Waals surface area contributed by atoms with Crippen molar-refractivity contribution in [2.45, 2.75) is 6.42 Å². The molecule has 0 aliphatic rings. The molecule has 2 rings (SSSR count). The van der Waals surface area contributed by atoms with Gasteiger partial charge in [-0.05, 0) is 30.2 Å². The minimum absolute atomic E-state index is 0.211. The predicted molar refractivity (Wildman–Crippen MR) is 69.7 cm³/mol. The third-order valence-corrected chi connectivity index (χ3v) is 2.46. The predicted octanol–water partition coefficient (Wildman–Crippen LogP) is 2.81. The molecule has 0 fully saturated rings. The van der Waals surface area contributed by atoms with E-state index in [4.69, 9.17) is 0 Å². The normalized spacial score (nSPS) is 10.8. The van der Waals surface area contributed by atoms with Crippen LogP contribution in [0.5, 0.6) is 0 Å². The summed E-state index contributed by atoms with van der Waals surface area (Å²) in [5.74, 6) is 0.436. The Morgan fingerprint density at radius 1 is 1.17 bits per heavy atom. The van der Waals surface area contributed by atoms with Crippen molar-refractivity contribution in [3.8, 4) is 0 Å². The van der Waals surface area contributed by atoms with Gasteiger partial charge >= 0.3 is 0 Å². The van der Waals surface area contributed by atoms with Crippen LogP contribution in [0.1, 0.15) is 5.56 Å². The first-order valence-electron chi connectivity index (χ1n) is 5.66. The molecule has 0 N–H and O–H groups in total. The second-order valence-electron chi connectivity index (χ2n) is 3.88. The van der Waals surface area contributed by atoms with E-state index in [2.05, 4.69) is 9.97 Å². The van der Waals surface area contributed by atoms with Gasteiger partial charge in [0.25, 0.3) is 0 Å². The van der Waals surface area contributed by atoms with E-state index < -0.39 is 0 Å².